The lowest BCUT2D eigenvalue weighted by Crippen LogP contribution is -2.63. The summed E-state index contributed by atoms with van der Waals surface area (Å²) in [5.41, 5.74) is 11.6. The molecule has 1 unspecified atom stereocenters. The molecule has 0 bridgehead atoms. The maximum absolute atomic E-state index is 13.3. The van der Waals surface area contributed by atoms with Crippen LogP contribution in [0.4, 0.5) is 8.78 Å². The van der Waals surface area contributed by atoms with Crippen molar-refractivity contribution < 1.29 is 18.4 Å². The van der Waals surface area contributed by atoms with Crippen LogP contribution >= 0.6 is 0 Å². The van der Waals surface area contributed by atoms with E-state index in [4.69, 9.17) is 11.5 Å². The van der Waals surface area contributed by atoms with Crippen molar-refractivity contribution in [2.45, 2.75) is 38.8 Å². The standard InChI is InChI=1S/C23H26F2N2O2/c1-22(2)13-16(11-12-23(22,26)27)19(20(28)14-3-7-17(24)8-4-14)21(29)15-5-9-18(25)10-6-15/h3-10,16,19H,11-13,26-27H2,1-2H3. The Morgan fingerprint density at radius 3 is 1.69 bits per heavy atom. The fraction of sp³-hybridized carbons (Fsp3) is 0.391. The van der Waals surface area contributed by atoms with Gasteiger partial charge in [-0.3, -0.25) is 9.59 Å². The molecular weight excluding hydrogens is 374 g/mol. The highest BCUT2D eigenvalue weighted by Gasteiger charge is 2.48. The minimum atomic E-state index is -0.971. The van der Waals surface area contributed by atoms with Crippen LogP contribution in [-0.2, 0) is 0 Å². The van der Waals surface area contributed by atoms with E-state index in [2.05, 4.69) is 0 Å². The zero-order valence-corrected chi connectivity index (χ0v) is 16.6. The first-order valence-corrected chi connectivity index (χ1v) is 9.69. The first-order valence-electron chi connectivity index (χ1n) is 9.69. The van der Waals surface area contributed by atoms with Gasteiger partial charge in [0.15, 0.2) is 11.6 Å². The number of hydrogen-bond donors (Lipinski definition) is 2. The quantitative estimate of drug-likeness (QED) is 0.450. The summed E-state index contributed by atoms with van der Waals surface area (Å²) in [6.07, 6.45) is 1.47. The third kappa shape index (κ3) is 4.28. The van der Waals surface area contributed by atoms with E-state index in [1.165, 1.54) is 48.5 Å². The average molecular weight is 400 g/mol. The molecule has 0 radical (unpaired) electrons. The highest BCUT2D eigenvalue weighted by atomic mass is 19.1. The Bertz CT molecular complexity index is 848. The third-order valence-corrected chi connectivity index (χ3v) is 6.26. The molecule has 0 spiro atoms. The van der Waals surface area contributed by atoms with Crippen LogP contribution in [0.1, 0.15) is 53.8 Å². The van der Waals surface area contributed by atoms with E-state index in [-0.39, 0.29) is 28.6 Å². The highest BCUT2D eigenvalue weighted by Crippen LogP contribution is 2.45. The lowest BCUT2D eigenvalue weighted by atomic mass is 9.61. The smallest absolute Gasteiger partial charge is 0.173 e. The molecule has 1 aliphatic rings. The molecule has 1 atom stereocenters. The second kappa shape index (κ2) is 7.76. The summed E-state index contributed by atoms with van der Waals surface area (Å²) < 4.78 is 26.6. The van der Waals surface area contributed by atoms with Gasteiger partial charge in [0.1, 0.15) is 11.6 Å². The van der Waals surface area contributed by atoms with Crippen LogP contribution < -0.4 is 11.5 Å². The van der Waals surface area contributed by atoms with Crippen LogP contribution in [0.25, 0.3) is 0 Å². The Morgan fingerprint density at radius 1 is 0.897 bits per heavy atom. The van der Waals surface area contributed by atoms with Gasteiger partial charge in [0.05, 0.1) is 11.6 Å². The first kappa shape index (κ1) is 21.3. The summed E-state index contributed by atoms with van der Waals surface area (Å²) in [4.78, 5) is 26.7. The second-order valence-corrected chi connectivity index (χ2v) is 8.65. The summed E-state index contributed by atoms with van der Waals surface area (Å²) in [7, 11) is 0. The molecule has 3 rings (SSSR count). The molecule has 1 fully saturated rings. The minimum Gasteiger partial charge on any atom is -0.313 e. The summed E-state index contributed by atoms with van der Waals surface area (Å²) in [5, 5.41) is 0. The lowest BCUT2D eigenvalue weighted by Gasteiger charge is -2.49. The van der Waals surface area contributed by atoms with Crippen molar-refractivity contribution >= 4 is 11.6 Å². The molecule has 4 nitrogen and oxygen atoms in total. The van der Waals surface area contributed by atoms with Crippen LogP contribution in [-0.4, -0.2) is 17.2 Å². The van der Waals surface area contributed by atoms with Crippen molar-refractivity contribution in [2.75, 3.05) is 0 Å². The number of hydrogen-bond acceptors (Lipinski definition) is 4. The predicted octanol–water partition coefficient (Wildman–Crippen LogP) is 4.09. The zero-order chi connectivity index (χ0) is 21.4. The molecule has 154 valence electrons. The van der Waals surface area contributed by atoms with Gasteiger partial charge in [-0.1, -0.05) is 13.8 Å². The SMILES string of the molecule is CC1(C)CC(C(C(=O)c2ccc(F)cc2)C(=O)c2ccc(F)cc2)CCC1(N)N. The number of benzene rings is 2. The number of nitrogens with two attached hydrogens (primary N) is 2. The van der Waals surface area contributed by atoms with E-state index < -0.39 is 28.6 Å². The largest absolute Gasteiger partial charge is 0.313 e. The number of rotatable bonds is 5. The Balaban J connectivity index is 1.99. The molecule has 1 saturated carbocycles. The monoisotopic (exact) mass is 400 g/mol. The molecule has 0 aromatic heterocycles. The summed E-state index contributed by atoms with van der Waals surface area (Å²) in [5.74, 6) is -2.92. The highest BCUT2D eigenvalue weighted by molar-refractivity contribution is 6.16. The summed E-state index contributed by atoms with van der Waals surface area (Å²) in [6, 6.07) is 10.3. The van der Waals surface area contributed by atoms with Crippen LogP contribution in [0.3, 0.4) is 0 Å². The second-order valence-electron chi connectivity index (χ2n) is 8.65. The van der Waals surface area contributed by atoms with Crippen LogP contribution in [0, 0.1) is 28.9 Å². The van der Waals surface area contributed by atoms with Crippen molar-refractivity contribution in [1.82, 2.24) is 0 Å². The molecule has 0 saturated heterocycles. The molecule has 1 aliphatic carbocycles. The average Bonchev–Trinajstić information content (AvgIpc) is 2.66. The minimum absolute atomic E-state index is 0.266. The van der Waals surface area contributed by atoms with Crippen LogP contribution in [0.15, 0.2) is 48.5 Å². The van der Waals surface area contributed by atoms with Gasteiger partial charge >= 0.3 is 0 Å². The molecule has 0 aliphatic heterocycles. The lowest BCUT2D eigenvalue weighted by molar-refractivity contribution is 0.0383. The third-order valence-electron chi connectivity index (χ3n) is 6.26. The molecule has 29 heavy (non-hydrogen) atoms. The van der Waals surface area contributed by atoms with Gasteiger partial charge in [0.2, 0.25) is 0 Å². The van der Waals surface area contributed by atoms with E-state index in [1.54, 1.807) is 0 Å². The van der Waals surface area contributed by atoms with Gasteiger partial charge in [-0.15, -0.1) is 0 Å². The maximum atomic E-state index is 13.3. The van der Waals surface area contributed by atoms with Gasteiger partial charge in [0, 0.05) is 11.1 Å². The zero-order valence-electron chi connectivity index (χ0n) is 16.6. The van der Waals surface area contributed by atoms with Crippen molar-refractivity contribution in [1.29, 1.82) is 0 Å². The number of carbonyl (C=O) groups is 2. The summed E-state index contributed by atoms with van der Waals surface area (Å²) in [6.45, 7) is 3.86. The van der Waals surface area contributed by atoms with E-state index in [9.17, 15) is 18.4 Å². The van der Waals surface area contributed by atoms with Crippen LogP contribution in [0.2, 0.25) is 0 Å². The Labute approximate surface area is 169 Å². The van der Waals surface area contributed by atoms with Crippen molar-refractivity contribution in [2.24, 2.45) is 28.7 Å². The number of halogens is 2. The molecule has 2 aromatic carbocycles. The van der Waals surface area contributed by atoms with Crippen molar-refractivity contribution in [3.8, 4) is 0 Å². The molecular formula is C23H26F2N2O2. The fourth-order valence-electron chi connectivity index (χ4n) is 4.13. The fourth-order valence-corrected chi connectivity index (χ4v) is 4.13. The Morgan fingerprint density at radius 2 is 1.31 bits per heavy atom. The molecule has 0 heterocycles. The molecule has 0 amide bonds. The number of Topliss-reactive ketones (excluding diaryl/α,β-unsaturated/α-hetero) is 2. The van der Waals surface area contributed by atoms with E-state index in [0.29, 0.717) is 19.3 Å². The Kier molecular flexibility index (Phi) is 5.70. The number of carbonyl (C=O) groups excluding carboxylic acids is 2. The van der Waals surface area contributed by atoms with Crippen LogP contribution in [0.5, 0.6) is 0 Å². The molecule has 6 heteroatoms. The van der Waals surface area contributed by atoms with E-state index in [0.717, 1.165) is 0 Å². The van der Waals surface area contributed by atoms with Crippen molar-refractivity contribution in [3.63, 3.8) is 0 Å². The molecule has 2 aromatic rings. The van der Waals surface area contributed by atoms with E-state index >= 15 is 0 Å². The Hall–Kier alpha value is -2.44. The molecule has 4 N–H and O–H groups in total. The van der Waals surface area contributed by atoms with Gasteiger partial charge < -0.3 is 11.5 Å². The topological polar surface area (TPSA) is 86.2 Å². The number of ketones is 2. The maximum Gasteiger partial charge on any atom is 0.173 e. The van der Waals surface area contributed by atoms with Gasteiger partial charge in [0.25, 0.3) is 0 Å². The van der Waals surface area contributed by atoms with Gasteiger partial charge in [-0.2, -0.15) is 0 Å². The predicted molar refractivity (Wildman–Crippen MR) is 107 cm³/mol. The normalized spacial score (nSPS) is 20.4. The van der Waals surface area contributed by atoms with Gasteiger partial charge in [-0.05, 0) is 79.1 Å². The van der Waals surface area contributed by atoms with Gasteiger partial charge in [-0.25, -0.2) is 8.78 Å². The van der Waals surface area contributed by atoms with Crippen molar-refractivity contribution in [3.05, 3.63) is 71.3 Å². The first-order chi connectivity index (χ1) is 13.5. The summed E-state index contributed by atoms with van der Waals surface area (Å²) >= 11 is 0. The van der Waals surface area contributed by atoms with E-state index in [1.807, 2.05) is 13.8 Å².